The van der Waals surface area contributed by atoms with Gasteiger partial charge in [-0.15, -0.1) is 10.2 Å². The Morgan fingerprint density at radius 3 is 2.68 bits per heavy atom. The number of anilines is 1. The van der Waals surface area contributed by atoms with Crippen molar-refractivity contribution in [2.45, 2.75) is 20.0 Å². The van der Waals surface area contributed by atoms with Gasteiger partial charge in [0, 0.05) is 13.1 Å². The number of imidazole rings is 1. The molecule has 11 heteroatoms. The first-order chi connectivity index (χ1) is 15.0. The SMILES string of the molecule is COc1nc2c(CN)cccc2n1-c1nnc(C)c(NCc2cccc(B(O)O)c2)n1. The highest BCUT2D eigenvalue weighted by Crippen LogP contribution is 2.27. The second-order valence-electron chi connectivity index (χ2n) is 6.94. The maximum absolute atomic E-state index is 9.37. The molecule has 0 aliphatic rings. The number of fused-ring (bicyclic) bond motifs is 1. The van der Waals surface area contributed by atoms with Gasteiger partial charge in [0.2, 0.25) is 0 Å². The normalized spacial score (nSPS) is 11.0. The summed E-state index contributed by atoms with van der Waals surface area (Å²) in [5, 5.41) is 30.4. The van der Waals surface area contributed by atoms with Crippen molar-refractivity contribution in [2.24, 2.45) is 5.73 Å². The van der Waals surface area contributed by atoms with Crippen LogP contribution in [-0.4, -0.2) is 49.0 Å². The van der Waals surface area contributed by atoms with E-state index in [1.54, 1.807) is 29.7 Å². The zero-order valence-corrected chi connectivity index (χ0v) is 17.1. The highest BCUT2D eigenvalue weighted by molar-refractivity contribution is 6.58. The third-order valence-electron chi connectivity index (χ3n) is 4.89. The molecule has 0 aliphatic carbocycles. The van der Waals surface area contributed by atoms with Gasteiger partial charge in [-0.05, 0) is 29.6 Å². The maximum atomic E-state index is 9.37. The van der Waals surface area contributed by atoms with Crippen molar-refractivity contribution in [3.63, 3.8) is 0 Å². The summed E-state index contributed by atoms with van der Waals surface area (Å²) in [6.07, 6.45) is 0. The summed E-state index contributed by atoms with van der Waals surface area (Å²) in [7, 11) is 0.0119. The van der Waals surface area contributed by atoms with Crippen LogP contribution >= 0.6 is 0 Å². The van der Waals surface area contributed by atoms with Gasteiger partial charge >= 0.3 is 13.1 Å². The van der Waals surface area contributed by atoms with E-state index in [0.717, 1.165) is 22.2 Å². The van der Waals surface area contributed by atoms with Gasteiger partial charge in [0.1, 0.15) is 5.69 Å². The smallest absolute Gasteiger partial charge is 0.468 e. The number of methoxy groups -OCH3 is 1. The van der Waals surface area contributed by atoms with E-state index in [1.165, 1.54) is 7.11 Å². The molecule has 0 radical (unpaired) electrons. The van der Waals surface area contributed by atoms with E-state index in [-0.39, 0.29) is 0 Å². The molecule has 10 nitrogen and oxygen atoms in total. The molecule has 2 aromatic heterocycles. The molecule has 0 saturated heterocycles. The van der Waals surface area contributed by atoms with Crippen molar-refractivity contribution in [3.8, 4) is 12.0 Å². The Hall–Kier alpha value is -3.54. The Kier molecular flexibility index (Phi) is 5.80. The van der Waals surface area contributed by atoms with Gasteiger partial charge in [0.15, 0.2) is 5.82 Å². The molecule has 4 rings (SSSR count). The van der Waals surface area contributed by atoms with Crippen molar-refractivity contribution in [1.29, 1.82) is 0 Å². The fraction of sp³-hybridized carbons (Fsp3) is 0.200. The molecule has 0 saturated carbocycles. The molecule has 2 aromatic carbocycles. The number of rotatable bonds is 7. The number of aromatic nitrogens is 5. The summed E-state index contributed by atoms with van der Waals surface area (Å²) in [6, 6.07) is 13.0. The Morgan fingerprint density at radius 1 is 1.13 bits per heavy atom. The zero-order valence-electron chi connectivity index (χ0n) is 17.1. The van der Waals surface area contributed by atoms with Crippen LogP contribution in [-0.2, 0) is 13.1 Å². The van der Waals surface area contributed by atoms with Crippen molar-refractivity contribution in [2.75, 3.05) is 12.4 Å². The summed E-state index contributed by atoms with van der Waals surface area (Å²) in [5.74, 6) is 0.847. The molecule has 0 aliphatic heterocycles. The molecule has 0 atom stereocenters. The number of aryl methyl sites for hydroxylation is 1. The van der Waals surface area contributed by atoms with Crippen molar-refractivity contribution >= 4 is 29.4 Å². The molecule has 0 unspecified atom stereocenters. The van der Waals surface area contributed by atoms with E-state index < -0.39 is 7.12 Å². The zero-order chi connectivity index (χ0) is 22.0. The summed E-state index contributed by atoms with van der Waals surface area (Å²) >= 11 is 0. The van der Waals surface area contributed by atoms with Crippen LogP contribution in [0.25, 0.3) is 17.0 Å². The molecule has 0 bridgehead atoms. The number of nitrogens with one attached hydrogen (secondary N) is 1. The molecule has 0 fully saturated rings. The van der Waals surface area contributed by atoms with Crippen LogP contribution in [0.2, 0.25) is 0 Å². The minimum atomic E-state index is -1.52. The quantitative estimate of drug-likeness (QED) is 0.311. The van der Waals surface area contributed by atoms with E-state index in [0.29, 0.717) is 42.0 Å². The van der Waals surface area contributed by atoms with Crippen LogP contribution in [0.15, 0.2) is 42.5 Å². The fourth-order valence-electron chi connectivity index (χ4n) is 3.31. The first-order valence-corrected chi connectivity index (χ1v) is 9.66. The number of para-hydroxylation sites is 1. The van der Waals surface area contributed by atoms with Gasteiger partial charge in [0.25, 0.3) is 5.95 Å². The van der Waals surface area contributed by atoms with E-state index in [2.05, 4.69) is 25.5 Å². The summed E-state index contributed by atoms with van der Waals surface area (Å²) < 4.78 is 7.14. The Bertz CT molecular complexity index is 1230. The Morgan fingerprint density at radius 2 is 1.94 bits per heavy atom. The second kappa shape index (κ2) is 8.68. The molecule has 4 aromatic rings. The van der Waals surface area contributed by atoms with Crippen molar-refractivity contribution in [3.05, 3.63) is 59.3 Å². The topological polar surface area (TPSA) is 144 Å². The van der Waals surface area contributed by atoms with Crippen LogP contribution in [0.1, 0.15) is 16.8 Å². The number of benzene rings is 2. The summed E-state index contributed by atoms with van der Waals surface area (Å²) in [4.78, 5) is 9.17. The molecule has 5 N–H and O–H groups in total. The van der Waals surface area contributed by atoms with E-state index >= 15 is 0 Å². The number of hydrogen-bond acceptors (Lipinski definition) is 9. The Labute approximate surface area is 178 Å². The van der Waals surface area contributed by atoms with Gasteiger partial charge in [-0.2, -0.15) is 9.97 Å². The lowest BCUT2D eigenvalue weighted by Crippen LogP contribution is -2.30. The molecule has 31 heavy (non-hydrogen) atoms. The lowest BCUT2D eigenvalue weighted by molar-refractivity contribution is 0.373. The summed E-state index contributed by atoms with van der Waals surface area (Å²) in [6.45, 7) is 2.56. The van der Waals surface area contributed by atoms with Crippen LogP contribution in [0, 0.1) is 6.92 Å². The Balaban J connectivity index is 1.69. The number of ether oxygens (including phenoxy) is 1. The maximum Gasteiger partial charge on any atom is 0.488 e. The average molecular weight is 419 g/mol. The predicted molar refractivity (Wildman–Crippen MR) is 117 cm³/mol. The first kappa shape index (κ1) is 20.7. The number of nitrogens with two attached hydrogens (primary N) is 1. The molecular weight excluding hydrogens is 397 g/mol. The van der Waals surface area contributed by atoms with E-state index in [9.17, 15) is 10.0 Å². The van der Waals surface area contributed by atoms with Crippen LogP contribution in [0.3, 0.4) is 0 Å². The number of hydrogen-bond donors (Lipinski definition) is 4. The molecule has 158 valence electrons. The average Bonchev–Trinajstić information content (AvgIpc) is 3.17. The predicted octanol–water partition coefficient (Wildman–Crippen LogP) is 0.278. The highest BCUT2D eigenvalue weighted by Gasteiger charge is 2.19. The summed E-state index contributed by atoms with van der Waals surface area (Å²) in [5.41, 5.74) is 10.1. The monoisotopic (exact) mass is 419 g/mol. The van der Waals surface area contributed by atoms with Gasteiger partial charge in [-0.3, -0.25) is 0 Å². The minimum absolute atomic E-state index is 0.307. The third-order valence-corrected chi connectivity index (χ3v) is 4.89. The second-order valence-corrected chi connectivity index (χ2v) is 6.94. The van der Waals surface area contributed by atoms with Crippen LogP contribution in [0.5, 0.6) is 6.01 Å². The van der Waals surface area contributed by atoms with Gasteiger partial charge in [0.05, 0.1) is 18.1 Å². The first-order valence-electron chi connectivity index (χ1n) is 9.66. The molecule has 0 spiro atoms. The standard InChI is InChI=1S/C20H22BN7O3/c1-12-18(23-11-13-5-3-7-15(9-13)21(29)30)25-19(27-26-12)28-16-8-4-6-14(10-22)17(16)24-20(28)31-2/h3-9,29-30H,10-11,22H2,1-2H3,(H,23,25,27). The highest BCUT2D eigenvalue weighted by atomic mass is 16.5. The van der Waals surface area contributed by atoms with Crippen molar-refractivity contribution < 1.29 is 14.8 Å². The fourth-order valence-corrected chi connectivity index (χ4v) is 3.31. The largest absolute Gasteiger partial charge is 0.488 e. The van der Waals surface area contributed by atoms with Crippen LogP contribution < -0.4 is 21.3 Å². The van der Waals surface area contributed by atoms with Gasteiger partial charge < -0.3 is 25.8 Å². The molecule has 0 amide bonds. The number of nitrogens with zero attached hydrogens (tertiary/aromatic N) is 5. The van der Waals surface area contributed by atoms with E-state index in [1.807, 2.05) is 24.3 Å². The lowest BCUT2D eigenvalue weighted by Gasteiger charge is -2.11. The third kappa shape index (κ3) is 4.06. The molecular formula is C20H22BN7O3. The molecule has 2 heterocycles. The van der Waals surface area contributed by atoms with Crippen LogP contribution in [0.4, 0.5) is 5.82 Å². The van der Waals surface area contributed by atoms with Gasteiger partial charge in [-0.1, -0.05) is 36.4 Å². The van der Waals surface area contributed by atoms with Gasteiger partial charge in [-0.25, -0.2) is 4.57 Å². The lowest BCUT2D eigenvalue weighted by atomic mass is 9.80. The van der Waals surface area contributed by atoms with Crippen molar-refractivity contribution in [1.82, 2.24) is 24.7 Å². The van der Waals surface area contributed by atoms with E-state index in [4.69, 9.17) is 10.5 Å². The minimum Gasteiger partial charge on any atom is -0.468 e.